The van der Waals surface area contributed by atoms with Crippen LogP contribution in [-0.2, 0) is 4.79 Å². The molecular weight excluding hydrogens is 302 g/mol. The maximum atomic E-state index is 12.3. The van der Waals surface area contributed by atoms with E-state index >= 15 is 0 Å². The second-order valence-corrected chi connectivity index (χ2v) is 6.78. The quantitative estimate of drug-likeness (QED) is 0.896. The van der Waals surface area contributed by atoms with Crippen LogP contribution in [0.15, 0.2) is 18.2 Å². The van der Waals surface area contributed by atoms with Gasteiger partial charge in [-0.3, -0.25) is 4.79 Å². The van der Waals surface area contributed by atoms with Crippen LogP contribution in [0.4, 0.5) is 0 Å². The number of rotatable bonds is 3. The number of aliphatic hydroxyl groups is 1. The molecule has 22 heavy (non-hydrogen) atoms. The lowest BCUT2D eigenvalue weighted by Gasteiger charge is -2.33. The maximum absolute atomic E-state index is 12.3. The van der Waals surface area contributed by atoms with Gasteiger partial charge in [0.25, 0.3) is 0 Å². The smallest absolute Gasteiger partial charge is 0.223 e. The van der Waals surface area contributed by atoms with E-state index in [0.29, 0.717) is 17.4 Å². The Labute approximate surface area is 135 Å². The molecule has 1 aromatic carbocycles. The Morgan fingerprint density at radius 1 is 1.36 bits per heavy atom. The van der Waals surface area contributed by atoms with Crippen molar-refractivity contribution in [3.8, 4) is 5.75 Å². The van der Waals surface area contributed by atoms with Gasteiger partial charge >= 0.3 is 0 Å². The molecule has 2 N–H and O–H groups in total. The van der Waals surface area contributed by atoms with E-state index < -0.39 is 5.60 Å². The fourth-order valence-electron chi connectivity index (χ4n) is 3.47. The Balaban J connectivity index is 1.67. The molecule has 4 nitrogen and oxygen atoms in total. The molecule has 3 rings (SSSR count). The predicted molar refractivity (Wildman–Crippen MR) is 85.1 cm³/mol. The van der Waals surface area contributed by atoms with E-state index in [1.54, 1.807) is 6.07 Å². The molecule has 1 fully saturated rings. The Morgan fingerprint density at radius 3 is 2.91 bits per heavy atom. The standard InChI is InChI=1S/C17H22ClNO3/c18-13-6-4-5-12-14(7-10-22-16(12)13)19-15(20)11-17(21)8-2-1-3-9-17/h4-6,14,21H,1-3,7-11H2,(H,19,20). The Morgan fingerprint density at radius 2 is 2.14 bits per heavy atom. The third kappa shape index (κ3) is 3.39. The number of para-hydroxylation sites is 1. The largest absolute Gasteiger partial charge is 0.492 e. The summed E-state index contributed by atoms with van der Waals surface area (Å²) in [6, 6.07) is 5.49. The minimum atomic E-state index is -0.829. The lowest BCUT2D eigenvalue weighted by Crippen LogP contribution is -2.40. The van der Waals surface area contributed by atoms with Gasteiger partial charge in [-0.15, -0.1) is 0 Å². The van der Waals surface area contributed by atoms with Crippen molar-refractivity contribution in [3.63, 3.8) is 0 Å². The summed E-state index contributed by atoms with van der Waals surface area (Å²) >= 11 is 6.14. The summed E-state index contributed by atoms with van der Waals surface area (Å²) in [6.45, 7) is 0.534. The van der Waals surface area contributed by atoms with Crippen LogP contribution in [0.3, 0.4) is 0 Å². The lowest BCUT2D eigenvalue weighted by molar-refractivity contribution is -0.128. The Bertz CT molecular complexity index is 555. The van der Waals surface area contributed by atoms with Gasteiger partial charge in [0.15, 0.2) is 0 Å². The van der Waals surface area contributed by atoms with Crippen molar-refractivity contribution in [2.75, 3.05) is 6.61 Å². The van der Waals surface area contributed by atoms with Crippen LogP contribution in [-0.4, -0.2) is 23.2 Å². The van der Waals surface area contributed by atoms with Crippen LogP contribution in [0.1, 0.15) is 56.6 Å². The van der Waals surface area contributed by atoms with E-state index in [1.165, 1.54) is 0 Å². The van der Waals surface area contributed by atoms with Crippen LogP contribution in [0.5, 0.6) is 5.75 Å². The first-order valence-corrected chi connectivity index (χ1v) is 8.38. The first-order chi connectivity index (χ1) is 10.6. The number of hydrogen-bond acceptors (Lipinski definition) is 3. The molecule has 1 aliphatic carbocycles. The van der Waals surface area contributed by atoms with E-state index in [4.69, 9.17) is 16.3 Å². The number of halogens is 1. The molecule has 1 atom stereocenters. The molecule has 2 aliphatic rings. The van der Waals surface area contributed by atoms with Crippen LogP contribution >= 0.6 is 11.6 Å². The highest BCUT2D eigenvalue weighted by atomic mass is 35.5. The van der Waals surface area contributed by atoms with E-state index in [-0.39, 0.29) is 18.4 Å². The molecule has 1 heterocycles. The molecule has 0 spiro atoms. The predicted octanol–water partition coefficient (Wildman–Crippen LogP) is 3.37. The molecular formula is C17H22ClNO3. The molecule has 1 saturated carbocycles. The summed E-state index contributed by atoms with van der Waals surface area (Å²) < 4.78 is 5.60. The van der Waals surface area contributed by atoms with Crippen molar-refractivity contribution in [3.05, 3.63) is 28.8 Å². The minimum absolute atomic E-state index is 0.0952. The number of ether oxygens (including phenoxy) is 1. The molecule has 1 amide bonds. The van der Waals surface area contributed by atoms with Crippen LogP contribution in [0, 0.1) is 0 Å². The number of benzene rings is 1. The molecule has 0 aromatic heterocycles. The van der Waals surface area contributed by atoms with Gasteiger partial charge in [0.1, 0.15) is 5.75 Å². The van der Waals surface area contributed by atoms with E-state index in [1.807, 2.05) is 12.1 Å². The summed E-state index contributed by atoms with van der Waals surface area (Å²) in [5.74, 6) is 0.569. The van der Waals surface area contributed by atoms with E-state index in [9.17, 15) is 9.90 Å². The van der Waals surface area contributed by atoms with Gasteiger partial charge < -0.3 is 15.2 Å². The zero-order chi connectivity index (χ0) is 15.6. The highest BCUT2D eigenvalue weighted by Gasteiger charge is 2.33. The average Bonchev–Trinajstić information content (AvgIpc) is 2.48. The highest BCUT2D eigenvalue weighted by Crippen LogP contribution is 2.38. The zero-order valence-electron chi connectivity index (χ0n) is 12.6. The topological polar surface area (TPSA) is 58.6 Å². The van der Waals surface area contributed by atoms with Crippen molar-refractivity contribution >= 4 is 17.5 Å². The van der Waals surface area contributed by atoms with Crippen molar-refractivity contribution < 1.29 is 14.6 Å². The normalized spacial score (nSPS) is 23.3. The second-order valence-electron chi connectivity index (χ2n) is 6.38. The summed E-state index contributed by atoms with van der Waals surface area (Å²) in [5, 5.41) is 14.1. The number of fused-ring (bicyclic) bond motifs is 1. The number of nitrogens with one attached hydrogen (secondary N) is 1. The third-order valence-corrected chi connectivity index (χ3v) is 4.93. The number of hydrogen-bond donors (Lipinski definition) is 2. The molecule has 0 bridgehead atoms. The van der Waals surface area contributed by atoms with Crippen LogP contribution in [0.25, 0.3) is 0 Å². The lowest BCUT2D eigenvalue weighted by atomic mass is 9.82. The Kier molecular flexibility index (Phi) is 4.59. The van der Waals surface area contributed by atoms with Crippen LogP contribution < -0.4 is 10.1 Å². The van der Waals surface area contributed by atoms with Gasteiger partial charge in [-0.05, 0) is 18.9 Å². The minimum Gasteiger partial charge on any atom is -0.492 e. The molecule has 1 aromatic rings. The van der Waals surface area contributed by atoms with Gasteiger partial charge in [-0.25, -0.2) is 0 Å². The number of carbonyl (C=O) groups is 1. The first-order valence-electron chi connectivity index (χ1n) is 8.00. The number of amides is 1. The molecule has 0 saturated heterocycles. The van der Waals surface area contributed by atoms with Crippen LogP contribution in [0.2, 0.25) is 5.02 Å². The summed E-state index contributed by atoms with van der Waals surface area (Å²) in [6.07, 6.45) is 5.49. The van der Waals surface area contributed by atoms with E-state index in [2.05, 4.69) is 5.32 Å². The van der Waals surface area contributed by atoms with E-state index in [0.717, 1.165) is 44.1 Å². The van der Waals surface area contributed by atoms with Crippen molar-refractivity contribution in [2.24, 2.45) is 0 Å². The van der Waals surface area contributed by atoms with Crippen molar-refractivity contribution in [1.29, 1.82) is 0 Å². The van der Waals surface area contributed by atoms with Gasteiger partial charge in [-0.1, -0.05) is 43.0 Å². The third-order valence-electron chi connectivity index (χ3n) is 4.63. The van der Waals surface area contributed by atoms with Gasteiger partial charge in [0.05, 0.1) is 29.7 Å². The second kappa shape index (κ2) is 6.47. The monoisotopic (exact) mass is 323 g/mol. The zero-order valence-corrected chi connectivity index (χ0v) is 13.4. The molecule has 1 unspecified atom stereocenters. The summed E-state index contributed by atoms with van der Waals surface area (Å²) in [5.41, 5.74) is 0.0905. The SMILES string of the molecule is O=C(CC1(O)CCCCC1)NC1CCOc2c(Cl)cccc21. The van der Waals surface area contributed by atoms with Crippen molar-refractivity contribution in [2.45, 2.75) is 56.6 Å². The maximum Gasteiger partial charge on any atom is 0.223 e. The number of carbonyl (C=O) groups excluding carboxylic acids is 1. The summed E-state index contributed by atoms with van der Waals surface area (Å²) in [7, 11) is 0. The highest BCUT2D eigenvalue weighted by molar-refractivity contribution is 6.32. The van der Waals surface area contributed by atoms with Gasteiger partial charge in [0, 0.05) is 12.0 Å². The van der Waals surface area contributed by atoms with Gasteiger partial charge in [-0.2, -0.15) is 0 Å². The molecule has 1 aliphatic heterocycles. The first kappa shape index (κ1) is 15.6. The molecule has 120 valence electrons. The Hall–Kier alpha value is -1.26. The average molecular weight is 324 g/mol. The molecule has 0 radical (unpaired) electrons. The van der Waals surface area contributed by atoms with Gasteiger partial charge in [0.2, 0.25) is 5.91 Å². The fourth-order valence-corrected chi connectivity index (χ4v) is 3.70. The summed E-state index contributed by atoms with van der Waals surface area (Å²) in [4.78, 5) is 12.3. The van der Waals surface area contributed by atoms with Crippen molar-refractivity contribution in [1.82, 2.24) is 5.32 Å². The molecule has 5 heteroatoms. The fraction of sp³-hybridized carbons (Fsp3) is 0.588.